The molecule has 2 N–H and O–H groups in total. The first-order valence-corrected chi connectivity index (χ1v) is 3.48. The first-order chi connectivity index (χ1) is 4.86. The lowest BCUT2D eigenvalue weighted by molar-refractivity contribution is -0.134. The molecule has 64 valence electrons. The third-order valence-corrected chi connectivity index (χ3v) is 1.93. The molecule has 0 radical (unpaired) electrons. The fourth-order valence-electron chi connectivity index (χ4n) is 1.41. The molecule has 5 heteroatoms. The maximum Gasteiger partial charge on any atom is 0.246 e. The van der Waals surface area contributed by atoms with Gasteiger partial charge in [-0.05, 0) is 0 Å². The van der Waals surface area contributed by atoms with Crippen molar-refractivity contribution in [2.45, 2.75) is 12.1 Å². The summed E-state index contributed by atoms with van der Waals surface area (Å²) < 4.78 is 5.24. The van der Waals surface area contributed by atoms with E-state index in [1.54, 1.807) is 0 Å². The Morgan fingerprint density at radius 3 is 3.09 bits per heavy atom. The van der Waals surface area contributed by atoms with Crippen molar-refractivity contribution in [1.82, 2.24) is 10.6 Å². The van der Waals surface area contributed by atoms with Gasteiger partial charge in [-0.1, -0.05) is 0 Å². The molecule has 2 rings (SSSR count). The summed E-state index contributed by atoms with van der Waals surface area (Å²) in [7, 11) is 0. The van der Waals surface area contributed by atoms with Gasteiger partial charge in [0.25, 0.3) is 0 Å². The molecular weight excluding hydrogens is 168 g/mol. The highest BCUT2D eigenvalue weighted by atomic mass is 35.5. The first-order valence-electron chi connectivity index (χ1n) is 3.48. The van der Waals surface area contributed by atoms with Crippen molar-refractivity contribution >= 4 is 18.3 Å². The van der Waals surface area contributed by atoms with Gasteiger partial charge < -0.3 is 15.4 Å². The number of rotatable bonds is 0. The molecule has 2 heterocycles. The molecule has 0 spiro atoms. The molecule has 0 aliphatic carbocycles. The van der Waals surface area contributed by atoms with Crippen LogP contribution >= 0.6 is 12.4 Å². The minimum atomic E-state index is 0. The predicted molar refractivity (Wildman–Crippen MR) is 41.8 cm³/mol. The van der Waals surface area contributed by atoms with Crippen molar-refractivity contribution in [3.05, 3.63) is 0 Å². The molecule has 0 unspecified atom stereocenters. The maximum atomic E-state index is 10.7. The Bertz CT molecular complexity index is 165. The van der Waals surface area contributed by atoms with Crippen molar-refractivity contribution in [3.63, 3.8) is 0 Å². The van der Waals surface area contributed by atoms with Gasteiger partial charge in [0.2, 0.25) is 5.91 Å². The summed E-state index contributed by atoms with van der Waals surface area (Å²) in [5.41, 5.74) is 0. The molecule has 0 aromatic heterocycles. The van der Waals surface area contributed by atoms with Crippen LogP contribution in [0.2, 0.25) is 0 Å². The van der Waals surface area contributed by atoms with Gasteiger partial charge in [0.1, 0.15) is 6.61 Å². The first kappa shape index (κ1) is 8.77. The number of amides is 1. The van der Waals surface area contributed by atoms with Crippen LogP contribution in [0.25, 0.3) is 0 Å². The van der Waals surface area contributed by atoms with E-state index in [-0.39, 0.29) is 37.1 Å². The Kier molecular flexibility index (Phi) is 2.70. The van der Waals surface area contributed by atoms with Gasteiger partial charge in [0, 0.05) is 13.1 Å². The number of hydrogen-bond acceptors (Lipinski definition) is 3. The minimum Gasteiger partial charge on any atom is -0.365 e. The number of nitrogens with one attached hydrogen (secondary N) is 2. The number of fused-ring (bicyclic) bond motifs is 1. The Morgan fingerprint density at radius 1 is 1.45 bits per heavy atom. The summed E-state index contributed by atoms with van der Waals surface area (Å²) in [5, 5.41) is 6.00. The number of ether oxygens (including phenoxy) is 1. The summed E-state index contributed by atoms with van der Waals surface area (Å²) in [6.45, 7) is 1.93. The molecular formula is C6H11ClN2O2. The van der Waals surface area contributed by atoms with E-state index < -0.39 is 0 Å². The third kappa shape index (κ3) is 1.64. The second-order valence-electron chi connectivity index (χ2n) is 2.68. The summed E-state index contributed by atoms with van der Waals surface area (Å²) >= 11 is 0. The van der Waals surface area contributed by atoms with Crippen LogP contribution in [0.1, 0.15) is 0 Å². The van der Waals surface area contributed by atoms with Crippen LogP contribution in [0, 0.1) is 0 Å². The molecule has 2 fully saturated rings. The van der Waals surface area contributed by atoms with Crippen molar-refractivity contribution in [2.24, 2.45) is 0 Å². The van der Waals surface area contributed by atoms with Crippen molar-refractivity contribution in [2.75, 3.05) is 19.7 Å². The number of carbonyl (C=O) groups is 1. The molecule has 11 heavy (non-hydrogen) atoms. The van der Waals surface area contributed by atoms with Crippen LogP contribution in [-0.2, 0) is 9.53 Å². The summed E-state index contributed by atoms with van der Waals surface area (Å²) in [5.74, 6) is 0.00458. The Morgan fingerprint density at radius 2 is 2.27 bits per heavy atom. The van der Waals surface area contributed by atoms with E-state index in [4.69, 9.17) is 4.74 Å². The average molecular weight is 179 g/mol. The van der Waals surface area contributed by atoms with Crippen molar-refractivity contribution in [1.29, 1.82) is 0 Å². The van der Waals surface area contributed by atoms with Gasteiger partial charge in [-0.25, -0.2) is 0 Å². The second-order valence-corrected chi connectivity index (χ2v) is 2.68. The van der Waals surface area contributed by atoms with Gasteiger partial charge in [-0.3, -0.25) is 4.79 Å². The van der Waals surface area contributed by atoms with E-state index in [0.717, 1.165) is 13.1 Å². The zero-order valence-electron chi connectivity index (χ0n) is 6.00. The van der Waals surface area contributed by atoms with Crippen LogP contribution < -0.4 is 10.6 Å². The van der Waals surface area contributed by atoms with Gasteiger partial charge in [0.15, 0.2) is 0 Å². The van der Waals surface area contributed by atoms with Crippen LogP contribution in [0.4, 0.5) is 0 Å². The van der Waals surface area contributed by atoms with Crippen LogP contribution in [-0.4, -0.2) is 37.7 Å². The van der Waals surface area contributed by atoms with E-state index in [2.05, 4.69) is 10.6 Å². The largest absolute Gasteiger partial charge is 0.365 e. The standard InChI is InChI=1S/C6H10N2O2.ClH/c9-6-3-10-5-2-7-1-4(5)8-6;/h4-5,7H,1-3H2,(H,8,9);1H/t4-,5+;/m0./s1. The molecule has 0 saturated carbocycles. The summed E-state index contributed by atoms with van der Waals surface area (Å²) in [6.07, 6.45) is 0.206. The SMILES string of the molecule is Cl.O=C1CO[C@@H]2CNC[C@@H]2N1. The van der Waals surface area contributed by atoms with Crippen LogP contribution in [0.3, 0.4) is 0 Å². The average Bonchev–Trinajstić information content (AvgIpc) is 2.33. The molecule has 0 aromatic carbocycles. The van der Waals surface area contributed by atoms with E-state index in [1.807, 2.05) is 0 Å². The smallest absolute Gasteiger partial charge is 0.246 e. The number of carbonyl (C=O) groups excluding carboxylic acids is 1. The van der Waals surface area contributed by atoms with E-state index in [1.165, 1.54) is 0 Å². The lowest BCUT2D eigenvalue weighted by atomic mass is 10.2. The van der Waals surface area contributed by atoms with Gasteiger partial charge in [-0.2, -0.15) is 0 Å². The second kappa shape index (κ2) is 3.38. The van der Waals surface area contributed by atoms with Crippen molar-refractivity contribution < 1.29 is 9.53 Å². The summed E-state index contributed by atoms with van der Waals surface area (Å²) in [6, 6.07) is 0.209. The lowest BCUT2D eigenvalue weighted by Crippen LogP contribution is -2.50. The quantitative estimate of drug-likeness (QED) is 0.495. The molecule has 2 saturated heterocycles. The molecule has 2 aliphatic heterocycles. The van der Waals surface area contributed by atoms with Crippen molar-refractivity contribution in [3.8, 4) is 0 Å². The topological polar surface area (TPSA) is 50.4 Å². The fourth-order valence-corrected chi connectivity index (χ4v) is 1.41. The van der Waals surface area contributed by atoms with Crippen LogP contribution in [0.15, 0.2) is 0 Å². The highest BCUT2D eigenvalue weighted by Gasteiger charge is 2.32. The van der Waals surface area contributed by atoms with E-state index in [9.17, 15) is 4.79 Å². The zero-order chi connectivity index (χ0) is 6.97. The summed E-state index contributed by atoms with van der Waals surface area (Å²) in [4.78, 5) is 10.7. The zero-order valence-corrected chi connectivity index (χ0v) is 6.82. The maximum absolute atomic E-state index is 10.7. The monoisotopic (exact) mass is 178 g/mol. The van der Waals surface area contributed by atoms with E-state index >= 15 is 0 Å². The Hall–Kier alpha value is -0.320. The highest BCUT2D eigenvalue weighted by Crippen LogP contribution is 2.08. The van der Waals surface area contributed by atoms with Crippen LogP contribution in [0.5, 0.6) is 0 Å². The molecule has 2 atom stereocenters. The van der Waals surface area contributed by atoms with E-state index in [0.29, 0.717) is 0 Å². The number of morpholine rings is 1. The molecule has 2 aliphatic rings. The lowest BCUT2D eigenvalue weighted by Gasteiger charge is -2.25. The fraction of sp³-hybridized carbons (Fsp3) is 0.833. The Labute approximate surface area is 71.1 Å². The molecule has 4 nitrogen and oxygen atoms in total. The third-order valence-electron chi connectivity index (χ3n) is 1.93. The predicted octanol–water partition coefficient (Wildman–Crippen LogP) is -1.10. The molecule has 1 amide bonds. The highest BCUT2D eigenvalue weighted by molar-refractivity contribution is 5.85. The Balaban J connectivity index is 0.000000605. The molecule has 0 bridgehead atoms. The van der Waals surface area contributed by atoms with Gasteiger partial charge in [0.05, 0.1) is 12.1 Å². The minimum absolute atomic E-state index is 0. The number of hydrogen-bond donors (Lipinski definition) is 2. The van der Waals surface area contributed by atoms with Gasteiger partial charge >= 0.3 is 0 Å². The molecule has 0 aromatic rings. The number of halogens is 1. The van der Waals surface area contributed by atoms with Gasteiger partial charge in [-0.15, -0.1) is 12.4 Å². The normalized spacial score (nSPS) is 35.5.